The van der Waals surface area contributed by atoms with E-state index in [1.807, 2.05) is 0 Å². The molecule has 2 aromatic rings. The second kappa shape index (κ2) is 7.20. The summed E-state index contributed by atoms with van der Waals surface area (Å²) in [6.45, 7) is -0.169. The van der Waals surface area contributed by atoms with Crippen LogP contribution in [-0.4, -0.2) is 19.6 Å². The highest BCUT2D eigenvalue weighted by Crippen LogP contribution is 2.27. The average molecular weight is 326 g/mol. The number of hydrogen-bond acceptors (Lipinski definition) is 3. The molecular formula is C15H13Cl2NO3. The monoisotopic (exact) mass is 325 g/mol. The number of rotatable bonds is 5. The first-order valence-electron chi connectivity index (χ1n) is 6.10. The van der Waals surface area contributed by atoms with E-state index in [1.54, 1.807) is 49.6 Å². The summed E-state index contributed by atoms with van der Waals surface area (Å²) < 4.78 is 10.4. The largest absolute Gasteiger partial charge is 0.497 e. The molecule has 0 radical (unpaired) electrons. The number of hydrogen-bond donors (Lipinski definition) is 1. The van der Waals surface area contributed by atoms with Crippen LogP contribution in [0.15, 0.2) is 42.5 Å². The minimum atomic E-state index is -0.306. The van der Waals surface area contributed by atoms with Crippen molar-refractivity contribution < 1.29 is 14.3 Å². The third-order valence-corrected chi connectivity index (χ3v) is 3.15. The van der Waals surface area contributed by atoms with Gasteiger partial charge in [0, 0.05) is 22.8 Å². The fourth-order valence-electron chi connectivity index (χ4n) is 1.63. The maximum atomic E-state index is 11.8. The van der Waals surface area contributed by atoms with Crippen LogP contribution in [0, 0.1) is 0 Å². The number of halogens is 2. The summed E-state index contributed by atoms with van der Waals surface area (Å²) >= 11 is 11.8. The lowest BCUT2D eigenvalue weighted by Gasteiger charge is -2.09. The molecule has 0 aliphatic heterocycles. The molecule has 1 amide bonds. The number of nitrogens with one attached hydrogen (secondary N) is 1. The standard InChI is InChI=1S/C15H13Cl2NO3/c1-20-12-4-2-3-11(8-12)18-15(19)9-21-14-7-10(16)5-6-13(14)17/h2-8H,9H2,1H3,(H,18,19). The van der Waals surface area contributed by atoms with E-state index in [0.29, 0.717) is 27.2 Å². The van der Waals surface area contributed by atoms with E-state index in [-0.39, 0.29) is 12.5 Å². The molecule has 0 aliphatic rings. The van der Waals surface area contributed by atoms with Gasteiger partial charge < -0.3 is 14.8 Å². The highest BCUT2D eigenvalue weighted by Gasteiger charge is 2.07. The molecule has 110 valence electrons. The van der Waals surface area contributed by atoms with E-state index in [2.05, 4.69) is 5.32 Å². The van der Waals surface area contributed by atoms with Gasteiger partial charge in [0.05, 0.1) is 12.1 Å². The normalized spacial score (nSPS) is 10.0. The minimum Gasteiger partial charge on any atom is -0.497 e. The smallest absolute Gasteiger partial charge is 0.262 e. The summed E-state index contributed by atoms with van der Waals surface area (Å²) in [6.07, 6.45) is 0. The Morgan fingerprint density at radius 3 is 2.76 bits per heavy atom. The number of carbonyl (C=O) groups is 1. The van der Waals surface area contributed by atoms with Gasteiger partial charge >= 0.3 is 0 Å². The minimum absolute atomic E-state index is 0.169. The zero-order valence-electron chi connectivity index (χ0n) is 11.2. The first-order valence-corrected chi connectivity index (χ1v) is 6.86. The van der Waals surface area contributed by atoms with Crippen LogP contribution in [0.5, 0.6) is 11.5 Å². The van der Waals surface area contributed by atoms with E-state index in [4.69, 9.17) is 32.7 Å². The second-order valence-corrected chi connectivity index (χ2v) is 4.99. The van der Waals surface area contributed by atoms with Gasteiger partial charge in [-0.1, -0.05) is 29.3 Å². The predicted octanol–water partition coefficient (Wildman–Crippen LogP) is 4.02. The van der Waals surface area contributed by atoms with Crippen molar-refractivity contribution in [3.8, 4) is 11.5 Å². The van der Waals surface area contributed by atoms with Crippen molar-refractivity contribution >= 4 is 34.8 Å². The lowest BCUT2D eigenvalue weighted by molar-refractivity contribution is -0.118. The van der Waals surface area contributed by atoms with Crippen LogP contribution in [-0.2, 0) is 4.79 Å². The first kappa shape index (κ1) is 15.5. The van der Waals surface area contributed by atoms with Crippen LogP contribution in [0.3, 0.4) is 0 Å². The molecule has 0 atom stereocenters. The molecule has 1 N–H and O–H groups in total. The molecule has 0 saturated heterocycles. The van der Waals surface area contributed by atoms with Gasteiger partial charge in [-0.15, -0.1) is 0 Å². The Morgan fingerprint density at radius 2 is 2.00 bits per heavy atom. The van der Waals surface area contributed by atoms with Crippen molar-refractivity contribution in [3.05, 3.63) is 52.5 Å². The molecule has 2 aromatic carbocycles. The number of benzene rings is 2. The van der Waals surface area contributed by atoms with Crippen LogP contribution >= 0.6 is 23.2 Å². The second-order valence-electron chi connectivity index (χ2n) is 4.14. The van der Waals surface area contributed by atoms with E-state index in [9.17, 15) is 4.79 Å². The molecule has 0 saturated carbocycles. The summed E-state index contributed by atoms with van der Waals surface area (Å²) in [7, 11) is 1.56. The molecule has 2 rings (SSSR count). The van der Waals surface area contributed by atoms with Crippen molar-refractivity contribution in [2.24, 2.45) is 0 Å². The maximum absolute atomic E-state index is 11.8. The Kier molecular flexibility index (Phi) is 5.31. The number of carbonyl (C=O) groups excluding carboxylic acids is 1. The number of ether oxygens (including phenoxy) is 2. The Balaban J connectivity index is 1.94. The highest BCUT2D eigenvalue weighted by atomic mass is 35.5. The molecule has 21 heavy (non-hydrogen) atoms. The topological polar surface area (TPSA) is 47.6 Å². The van der Waals surface area contributed by atoms with Crippen molar-refractivity contribution in [3.63, 3.8) is 0 Å². The van der Waals surface area contributed by atoms with Crippen LogP contribution < -0.4 is 14.8 Å². The zero-order valence-corrected chi connectivity index (χ0v) is 12.7. The third kappa shape index (κ3) is 4.55. The van der Waals surface area contributed by atoms with Crippen LogP contribution in [0.4, 0.5) is 5.69 Å². The zero-order chi connectivity index (χ0) is 15.2. The molecule has 0 aromatic heterocycles. The maximum Gasteiger partial charge on any atom is 0.262 e. The first-order chi connectivity index (χ1) is 10.1. The Morgan fingerprint density at radius 1 is 1.19 bits per heavy atom. The summed E-state index contributed by atoms with van der Waals surface area (Å²) in [6, 6.07) is 11.9. The molecular weight excluding hydrogens is 313 g/mol. The Hall–Kier alpha value is -1.91. The lowest BCUT2D eigenvalue weighted by atomic mass is 10.3. The van der Waals surface area contributed by atoms with Gasteiger partial charge in [-0.05, 0) is 24.3 Å². The fourth-order valence-corrected chi connectivity index (χ4v) is 1.96. The van der Waals surface area contributed by atoms with E-state index >= 15 is 0 Å². The van der Waals surface area contributed by atoms with E-state index < -0.39 is 0 Å². The van der Waals surface area contributed by atoms with Gasteiger partial charge in [-0.2, -0.15) is 0 Å². The van der Waals surface area contributed by atoms with E-state index in [0.717, 1.165) is 0 Å². The van der Waals surface area contributed by atoms with Crippen LogP contribution in [0.25, 0.3) is 0 Å². The lowest BCUT2D eigenvalue weighted by Crippen LogP contribution is -2.20. The van der Waals surface area contributed by atoms with Crippen molar-refractivity contribution in [2.45, 2.75) is 0 Å². The third-order valence-electron chi connectivity index (χ3n) is 2.61. The molecule has 0 fully saturated rings. The number of anilines is 1. The molecule has 0 aliphatic carbocycles. The van der Waals surface area contributed by atoms with Crippen molar-refractivity contribution in [1.29, 1.82) is 0 Å². The summed E-state index contributed by atoms with van der Waals surface area (Å²) in [4.78, 5) is 11.8. The molecule has 6 heteroatoms. The Labute approximate surface area is 132 Å². The van der Waals surface area contributed by atoms with Gasteiger partial charge in [-0.3, -0.25) is 4.79 Å². The molecule has 0 bridgehead atoms. The molecule has 4 nitrogen and oxygen atoms in total. The SMILES string of the molecule is COc1cccc(NC(=O)COc2cc(Cl)ccc2Cl)c1. The van der Waals surface area contributed by atoms with Gasteiger partial charge in [0.15, 0.2) is 6.61 Å². The van der Waals surface area contributed by atoms with Crippen LogP contribution in [0.2, 0.25) is 10.0 Å². The van der Waals surface area contributed by atoms with E-state index in [1.165, 1.54) is 0 Å². The summed E-state index contributed by atoms with van der Waals surface area (Å²) in [5, 5.41) is 3.59. The average Bonchev–Trinajstić information content (AvgIpc) is 2.48. The number of methoxy groups -OCH3 is 1. The Bertz CT molecular complexity index is 647. The van der Waals surface area contributed by atoms with Gasteiger partial charge in [0.2, 0.25) is 0 Å². The predicted molar refractivity (Wildman–Crippen MR) is 83.6 cm³/mol. The van der Waals surface area contributed by atoms with Crippen molar-refractivity contribution in [1.82, 2.24) is 0 Å². The molecule has 0 heterocycles. The van der Waals surface area contributed by atoms with Gasteiger partial charge in [0.1, 0.15) is 11.5 Å². The van der Waals surface area contributed by atoms with Crippen molar-refractivity contribution in [2.75, 3.05) is 19.0 Å². The summed E-state index contributed by atoms with van der Waals surface area (Å²) in [5.41, 5.74) is 0.625. The molecule has 0 unspecified atom stereocenters. The van der Waals surface area contributed by atoms with Gasteiger partial charge in [-0.25, -0.2) is 0 Å². The van der Waals surface area contributed by atoms with Crippen LogP contribution in [0.1, 0.15) is 0 Å². The quantitative estimate of drug-likeness (QED) is 0.903. The highest BCUT2D eigenvalue weighted by molar-refractivity contribution is 6.34. The summed E-state index contributed by atoms with van der Waals surface area (Å²) in [5.74, 6) is 0.718. The number of amides is 1. The molecule has 0 spiro atoms. The van der Waals surface area contributed by atoms with Gasteiger partial charge in [0.25, 0.3) is 5.91 Å². The fraction of sp³-hybridized carbons (Fsp3) is 0.133.